The van der Waals surface area contributed by atoms with Crippen LogP contribution in [0.25, 0.3) is 0 Å². The van der Waals surface area contributed by atoms with Gasteiger partial charge in [-0.25, -0.2) is 4.98 Å². The zero-order chi connectivity index (χ0) is 10.6. The van der Waals surface area contributed by atoms with Crippen molar-refractivity contribution in [3.63, 3.8) is 0 Å². The summed E-state index contributed by atoms with van der Waals surface area (Å²) in [5.74, 6) is 1.05. The van der Waals surface area contributed by atoms with Gasteiger partial charge in [0, 0.05) is 25.3 Å². The lowest BCUT2D eigenvalue weighted by Crippen LogP contribution is -2.23. The van der Waals surface area contributed by atoms with Crippen molar-refractivity contribution < 1.29 is 0 Å². The molecule has 0 bridgehead atoms. The second-order valence-corrected chi connectivity index (χ2v) is 3.29. The van der Waals surface area contributed by atoms with Gasteiger partial charge in [0.05, 0.1) is 0 Å². The second kappa shape index (κ2) is 4.96. The highest BCUT2D eigenvalue weighted by molar-refractivity contribution is 5.41. The fraction of sp³-hybridized carbons (Fsp3) is 0.545. The van der Waals surface area contributed by atoms with Crippen LogP contribution in [0.5, 0.6) is 0 Å². The molecule has 78 valence electrons. The van der Waals surface area contributed by atoms with Gasteiger partial charge < -0.3 is 10.6 Å². The molecular formula is C11H19N3. The maximum Gasteiger partial charge on any atom is 0.128 e. The van der Waals surface area contributed by atoms with Crippen molar-refractivity contribution >= 4 is 5.82 Å². The number of nitrogens with zero attached hydrogens (tertiary/aromatic N) is 2. The largest absolute Gasteiger partial charge is 0.357 e. The highest BCUT2D eigenvalue weighted by Crippen LogP contribution is 2.13. The van der Waals surface area contributed by atoms with Gasteiger partial charge in [-0.05, 0) is 32.4 Å². The Morgan fingerprint density at radius 1 is 1.29 bits per heavy atom. The van der Waals surface area contributed by atoms with Gasteiger partial charge in [0.2, 0.25) is 0 Å². The smallest absolute Gasteiger partial charge is 0.128 e. The van der Waals surface area contributed by atoms with Crippen LogP contribution in [0.2, 0.25) is 0 Å². The van der Waals surface area contributed by atoms with E-state index in [2.05, 4.69) is 29.8 Å². The lowest BCUT2D eigenvalue weighted by Gasteiger charge is -2.20. The summed E-state index contributed by atoms with van der Waals surface area (Å²) in [7, 11) is 0. The first-order valence-electron chi connectivity index (χ1n) is 5.14. The van der Waals surface area contributed by atoms with E-state index in [0.717, 1.165) is 30.2 Å². The molecule has 0 saturated heterocycles. The Kier molecular flexibility index (Phi) is 3.89. The van der Waals surface area contributed by atoms with Crippen LogP contribution in [0.4, 0.5) is 5.82 Å². The van der Waals surface area contributed by atoms with E-state index in [-0.39, 0.29) is 0 Å². The quantitative estimate of drug-likeness (QED) is 0.791. The van der Waals surface area contributed by atoms with E-state index < -0.39 is 0 Å². The second-order valence-electron chi connectivity index (χ2n) is 3.29. The molecule has 3 nitrogen and oxygen atoms in total. The van der Waals surface area contributed by atoms with Gasteiger partial charge in [0.1, 0.15) is 5.82 Å². The molecule has 0 aliphatic rings. The molecule has 0 aliphatic heterocycles. The molecular weight excluding hydrogens is 174 g/mol. The molecule has 0 unspecified atom stereocenters. The van der Waals surface area contributed by atoms with Crippen molar-refractivity contribution in [1.29, 1.82) is 0 Å². The number of nitrogens with two attached hydrogens (primary N) is 1. The van der Waals surface area contributed by atoms with Crippen LogP contribution < -0.4 is 10.6 Å². The molecule has 1 heterocycles. The molecule has 0 saturated carbocycles. The molecule has 0 atom stereocenters. The highest BCUT2D eigenvalue weighted by Gasteiger charge is 2.04. The standard InChI is InChI=1S/C11H19N3/c1-4-14(5-2)11-7-6-10(8-12)9(3)13-11/h6-7H,4-5,8,12H2,1-3H3. The molecule has 2 N–H and O–H groups in total. The van der Waals surface area contributed by atoms with Crippen LogP contribution in [-0.2, 0) is 6.54 Å². The zero-order valence-corrected chi connectivity index (χ0v) is 9.25. The van der Waals surface area contributed by atoms with Crippen molar-refractivity contribution in [2.75, 3.05) is 18.0 Å². The number of pyridine rings is 1. The molecule has 1 rings (SSSR count). The normalized spacial score (nSPS) is 10.3. The molecule has 3 heteroatoms. The van der Waals surface area contributed by atoms with Crippen molar-refractivity contribution in [1.82, 2.24) is 4.98 Å². The molecule has 0 amide bonds. The summed E-state index contributed by atoms with van der Waals surface area (Å²) in [4.78, 5) is 6.76. The Morgan fingerprint density at radius 2 is 1.93 bits per heavy atom. The maximum atomic E-state index is 5.59. The highest BCUT2D eigenvalue weighted by atomic mass is 15.2. The van der Waals surface area contributed by atoms with Crippen LogP contribution in [0.1, 0.15) is 25.1 Å². The Labute approximate surface area is 85.9 Å². The summed E-state index contributed by atoms with van der Waals surface area (Å²) in [5.41, 5.74) is 7.75. The molecule has 1 aromatic rings. The lowest BCUT2D eigenvalue weighted by atomic mass is 10.2. The first-order chi connectivity index (χ1) is 6.72. The van der Waals surface area contributed by atoms with Gasteiger partial charge in [-0.3, -0.25) is 0 Å². The first kappa shape index (κ1) is 11.0. The first-order valence-corrected chi connectivity index (χ1v) is 5.14. The molecule has 0 spiro atoms. The monoisotopic (exact) mass is 193 g/mol. The van der Waals surface area contributed by atoms with E-state index >= 15 is 0 Å². The molecule has 0 fully saturated rings. The summed E-state index contributed by atoms with van der Waals surface area (Å²) in [6, 6.07) is 4.11. The van der Waals surface area contributed by atoms with Gasteiger partial charge in [-0.2, -0.15) is 0 Å². The average Bonchev–Trinajstić information content (AvgIpc) is 2.20. The summed E-state index contributed by atoms with van der Waals surface area (Å²) < 4.78 is 0. The minimum absolute atomic E-state index is 0.567. The summed E-state index contributed by atoms with van der Waals surface area (Å²) in [6.45, 7) is 8.83. The van der Waals surface area contributed by atoms with Crippen molar-refractivity contribution in [2.24, 2.45) is 5.73 Å². The fourth-order valence-corrected chi connectivity index (χ4v) is 1.52. The summed E-state index contributed by atoms with van der Waals surface area (Å²) in [5, 5.41) is 0. The van der Waals surface area contributed by atoms with E-state index in [1.54, 1.807) is 0 Å². The predicted molar refractivity (Wildman–Crippen MR) is 60.4 cm³/mol. The minimum atomic E-state index is 0.567. The third kappa shape index (κ3) is 2.23. The number of aryl methyl sites for hydroxylation is 1. The number of aromatic nitrogens is 1. The van der Waals surface area contributed by atoms with Gasteiger partial charge in [0.15, 0.2) is 0 Å². The Hall–Kier alpha value is -1.09. The third-order valence-electron chi connectivity index (χ3n) is 2.49. The molecule has 0 radical (unpaired) electrons. The fourth-order valence-electron chi connectivity index (χ4n) is 1.52. The zero-order valence-electron chi connectivity index (χ0n) is 9.25. The van der Waals surface area contributed by atoms with Crippen LogP contribution >= 0.6 is 0 Å². The number of rotatable bonds is 4. The van der Waals surface area contributed by atoms with Gasteiger partial charge in [0.25, 0.3) is 0 Å². The van der Waals surface area contributed by atoms with Crippen molar-refractivity contribution in [3.8, 4) is 0 Å². The van der Waals surface area contributed by atoms with E-state index in [1.807, 2.05) is 13.0 Å². The van der Waals surface area contributed by atoms with Crippen molar-refractivity contribution in [2.45, 2.75) is 27.3 Å². The SMILES string of the molecule is CCN(CC)c1ccc(CN)c(C)n1. The number of anilines is 1. The minimum Gasteiger partial charge on any atom is -0.357 e. The molecule has 0 aliphatic carbocycles. The van der Waals surface area contributed by atoms with E-state index in [9.17, 15) is 0 Å². The Bertz CT molecular complexity index is 293. The molecule has 1 aromatic heterocycles. The topological polar surface area (TPSA) is 42.1 Å². The third-order valence-corrected chi connectivity index (χ3v) is 2.49. The van der Waals surface area contributed by atoms with Crippen LogP contribution in [0.15, 0.2) is 12.1 Å². The van der Waals surface area contributed by atoms with Crippen LogP contribution in [0, 0.1) is 6.92 Å². The van der Waals surface area contributed by atoms with Gasteiger partial charge >= 0.3 is 0 Å². The summed E-state index contributed by atoms with van der Waals surface area (Å²) in [6.07, 6.45) is 0. The Morgan fingerprint density at radius 3 is 2.36 bits per heavy atom. The van der Waals surface area contributed by atoms with Gasteiger partial charge in [-0.15, -0.1) is 0 Å². The van der Waals surface area contributed by atoms with E-state index in [0.29, 0.717) is 6.54 Å². The van der Waals surface area contributed by atoms with Crippen LogP contribution in [0.3, 0.4) is 0 Å². The van der Waals surface area contributed by atoms with Gasteiger partial charge in [-0.1, -0.05) is 6.07 Å². The summed E-state index contributed by atoms with van der Waals surface area (Å²) >= 11 is 0. The molecule has 14 heavy (non-hydrogen) atoms. The van der Waals surface area contributed by atoms with Crippen molar-refractivity contribution in [3.05, 3.63) is 23.4 Å². The number of hydrogen-bond acceptors (Lipinski definition) is 3. The Balaban J connectivity index is 2.95. The van der Waals surface area contributed by atoms with E-state index in [4.69, 9.17) is 5.73 Å². The maximum absolute atomic E-state index is 5.59. The lowest BCUT2D eigenvalue weighted by molar-refractivity contribution is 0.838. The predicted octanol–water partition coefficient (Wildman–Crippen LogP) is 1.69. The number of hydrogen-bond donors (Lipinski definition) is 1. The van der Waals surface area contributed by atoms with E-state index in [1.165, 1.54) is 0 Å². The molecule has 0 aromatic carbocycles. The average molecular weight is 193 g/mol. The van der Waals surface area contributed by atoms with Crippen LogP contribution in [-0.4, -0.2) is 18.1 Å².